The van der Waals surface area contributed by atoms with Crippen LogP contribution in [0.15, 0.2) is 162 Å². The van der Waals surface area contributed by atoms with Gasteiger partial charge in [-0.15, -0.1) is 45.3 Å². The van der Waals surface area contributed by atoms with Gasteiger partial charge >= 0.3 is 12.1 Å². The van der Waals surface area contributed by atoms with Crippen molar-refractivity contribution in [1.29, 1.82) is 0 Å². The molecule has 15 nitrogen and oxygen atoms in total. The van der Waals surface area contributed by atoms with Crippen LogP contribution in [-0.2, 0) is 4.74 Å². The van der Waals surface area contributed by atoms with Crippen LogP contribution in [0.2, 0.25) is 0 Å². The second kappa shape index (κ2) is 25.1. The Morgan fingerprint density at radius 3 is 1.26 bits per heavy atom. The molecule has 8 fully saturated rings. The number of hydrogen-bond donors (Lipinski definition) is 6. The average Bonchev–Trinajstić information content (AvgIpc) is 0.914. The minimum atomic E-state index is -0.327. The molecule has 0 atom stereocenters. The molecule has 20 heteroatoms. The summed E-state index contributed by atoms with van der Waals surface area (Å²) in [6.45, 7) is 0.792. The third kappa shape index (κ3) is 12.1. The molecule has 8 saturated carbocycles. The summed E-state index contributed by atoms with van der Waals surface area (Å²) in [5.74, 6) is 4.58. The van der Waals surface area contributed by atoms with E-state index < -0.39 is 0 Å². The Balaban J connectivity index is 0.676. The Morgan fingerprint density at radius 1 is 0.418 bits per heavy atom. The molecule has 0 unspecified atom stereocenters. The number of nitrogens with one attached hydrogen (secondary N) is 6. The van der Waals surface area contributed by atoms with E-state index in [1.807, 2.05) is 42.5 Å². The smallest absolute Gasteiger partial charge is 0.319 e. The van der Waals surface area contributed by atoms with Gasteiger partial charge in [0.05, 0.1) is 70.6 Å². The summed E-state index contributed by atoms with van der Waals surface area (Å²) < 4.78 is 5.12. The molecule has 7 aromatic heterocycles. The van der Waals surface area contributed by atoms with Crippen LogP contribution in [0.25, 0.3) is 119 Å². The van der Waals surface area contributed by atoms with E-state index in [1.165, 1.54) is 57.8 Å². The lowest BCUT2D eigenvalue weighted by molar-refractivity contribution is -0.0127. The molecular formula is C78H70N12O3S5. The summed E-state index contributed by atoms with van der Waals surface area (Å²) in [5.41, 5.74) is 15.0. The first kappa shape index (κ1) is 61.4. The minimum Gasteiger partial charge on any atom is -0.383 e. The number of carbonyl (C=O) groups is 2. The van der Waals surface area contributed by atoms with Crippen molar-refractivity contribution >= 4 is 125 Å². The highest BCUT2D eigenvalue weighted by molar-refractivity contribution is 7.80. The maximum absolute atomic E-state index is 14.0. The van der Waals surface area contributed by atoms with Gasteiger partial charge in [-0.3, -0.25) is 0 Å². The number of aromatic nitrogens is 6. The number of amides is 4. The van der Waals surface area contributed by atoms with Crippen LogP contribution >= 0.6 is 57.6 Å². The van der Waals surface area contributed by atoms with Crippen molar-refractivity contribution in [2.24, 2.45) is 35.5 Å². The SMILES string of the molecule is COCCNC(=O)Nc1ccc2nc(-c3cccs3)c(-c3ccc(-c4cccc(-c5nc6cc(NC(=O)NC78CC9CC(CC(C9)C7)C8)ccc6nc5-c5cccc(-c6ccc(-c7nc8cc(NC(=S)NC9%10CC%11CC(CC(C%11)C9)C%10)ccc8nc7-c7cccs7)s6)c5)c4)s3)nc2c1. The molecule has 0 saturated heterocycles. The Bertz CT molecular complexity index is 5050. The second-order valence-electron chi connectivity index (χ2n) is 28.2. The largest absolute Gasteiger partial charge is 0.383 e. The quantitative estimate of drug-likeness (QED) is 0.0397. The first-order chi connectivity index (χ1) is 47.9. The molecule has 6 N–H and O–H groups in total. The van der Waals surface area contributed by atoms with Crippen LogP contribution in [0, 0.1) is 35.5 Å². The molecule has 5 aromatic carbocycles. The molecule has 8 aliphatic rings. The summed E-state index contributed by atoms with van der Waals surface area (Å²) in [7, 11) is 1.60. The van der Waals surface area contributed by atoms with Gasteiger partial charge in [-0.25, -0.2) is 39.5 Å². The van der Waals surface area contributed by atoms with Crippen LogP contribution in [-0.4, -0.2) is 78.4 Å². The summed E-state index contributed by atoms with van der Waals surface area (Å²) >= 11 is 12.7. The van der Waals surface area contributed by atoms with Gasteiger partial charge in [-0.2, -0.15) is 0 Å². The van der Waals surface area contributed by atoms with Crippen molar-refractivity contribution in [3.8, 4) is 85.7 Å². The van der Waals surface area contributed by atoms with Crippen LogP contribution in [0.3, 0.4) is 0 Å². The van der Waals surface area contributed by atoms with E-state index in [9.17, 15) is 9.59 Å². The molecule has 4 amide bonds. The fraction of sp³-hybridized carbons (Fsp3) is 0.295. The average molecular weight is 1380 g/mol. The van der Waals surface area contributed by atoms with E-state index in [1.54, 1.807) is 52.5 Å². The summed E-state index contributed by atoms with van der Waals surface area (Å²) in [4.78, 5) is 65.2. The maximum atomic E-state index is 14.0. The highest BCUT2D eigenvalue weighted by Gasteiger charge is 2.53. The Morgan fingerprint density at radius 2 is 0.806 bits per heavy atom. The van der Waals surface area contributed by atoms with Gasteiger partial charge < -0.3 is 36.6 Å². The fourth-order valence-corrected chi connectivity index (χ4v) is 21.7. The van der Waals surface area contributed by atoms with Crippen molar-refractivity contribution < 1.29 is 14.3 Å². The van der Waals surface area contributed by atoms with Crippen molar-refractivity contribution in [2.45, 2.75) is 88.1 Å². The lowest BCUT2D eigenvalue weighted by Crippen LogP contribution is -2.60. The molecule has 0 aliphatic heterocycles. The normalized spacial score (nSPS) is 22.6. The number of carbonyl (C=O) groups excluding carboxylic acids is 2. The molecule has 490 valence electrons. The highest BCUT2D eigenvalue weighted by Crippen LogP contribution is 2.57. The third-order valence-corrected chi connectivity index (χ3v) is 25.5. The van der Waals surface area contributed by atoms with E-state index in [0.717, 1.165) is 139 Å². The Hall–Kier alpha value is -8.89. The predicted molar refractivity (Wildman–Crippen MR) is 403 cm³/mol. The summed E-state index contributed by atoms with van der Waals surface area (Å²) in [5, 5.41) is 24.7. The number of methoxy groups -OCH3 is 1. The molecule has 20 rings (SSSR count). The zero-order chi connectivity index (χ0) is 65.6. The van der Waals surface area contributed by atoms with Crippen molar-refractivity contribution in [3.63, 3.8) is 0 Å². The van der Waals surface area contributed by atoms with E-state index >= 15 is 0 Å². The van der Waals surface area contributed by atoms with E-state index in [4.69, 9.17) is 46.9 Å². The van der Waals surface area contributed by atoms with Gasteiger partial charge in [0.2, 0.25) is 0 Å². The molecule has 12 aromatic rings. The molecule has 7 heterocycles. The number of nitrogens with zero attached hydrogens (tertiary/aromatic N) is 6. The number of thiocarbonyl (C=S) groups is 1. The molecule has 0 radical (unpaired) electrons. The lowest BCUT2D eigenvalue weighted by Gasteiger charge is -2.57. The number of anilines is 3. The van der Waals surface area contributed by atoms with Gasteiger partial charge in [-0.1, -0.05) is 48.5 Å². The maximum Gasteiger partial charge on any atom is 0.319 e. The molecule has 98 heavy (non-hydrogen) atoms. The number of hydrogen-bond acceptors (Lipinski definition) is 14. The summed E-state index contributed by atoms with van der Waals surface area (Å²) in [6, 6.07) is 51.1. The van der Waals surface area contributed by atoms with Gasteiger partial charge in [0.1, 0.15) is 22.8 Å². The molecular weight excluding hydrogens is 1310 g/mol. The molecule has 0 spiro atoms. The lowest BCUT2D eigenvalue weighted by atomic mass is 9.53. The Kier molecular flexibility index (Phi) is 15.8. The Labute approximate surface area is 588 Å². The van der Waals surface area contributed by atoms with E-state index in [0.29, 0.717) is 69.6 Å². The van der Waals surface area contributed by atoms with Crippen molar-refractivity contribution in [3.05, 3.63) is 162 Å². The predicted octanol–water partition coefficient (Wildman–Crippen LogP) is 19.2. The third-order valence-electron chi connectivity index (χ3n) is 21.2. The molecule has 8 aliphatic carbocycles. The highest BCUT2D eigenvalue weighted by atomic mass is 32.1. The van der Waals surface area contributed by atoms with E-state index in [2.05, 4.69) is 152 Å². The van der Waals surface area contributed by atoms with E-state index in [-0.39, 0.29) is 23.1 Å². The number of rotatable bonds is 16. The van der Waals surface area contributed by atoms with Gasteiger partial charge in [0.15, 0.2) is 5.11 Å². The number of benzene rings is 5. The zero-order valence-corrected chi connectivity index (χ0v) is 58.0. The second-order valence-corrected chi connectivity index (χ2v) is 32.7. The van der Waals surface area contributed by atoms with Gasteiger partial charge in [0, 0.05) is 62.7 Å². The first-order valence-corrected chi connectivity index (χ1v) is 37.9. The van der Waals surface area contributed by atoms with Gasteiger partial charge in [0.25, 0.3) is 0 Å². The van der Waals surface area contributed by atoms with Crippen LogP contribution < -0.4 is 31.9 Å². The fourth-order valence-electron chi connectivity index (χ4n) is 18.0. The number of thiophene rings is 4. The zero-order valence-electron chi connectivity index (χ0n) is 53.9. The monoisotopic (exact) mass is 1380 g/mol. The van der Waals surface area contributed by atoms with Crippen LogP contribution in [0.1, 0.15) is 77.0 Å². The number of fused-ring (bicyclic) bond motifs is 3. The van der Waals surface area contributed by atoms with Crippen molar-refractivity contribution in [2.75, 3.05) is 36.2 Å². The van der Waals surface area contributed by atoms with Gasteiger partial charge in [-0.05, 0) is 250 Å². The van der Waals surface area contributed by atoms with Crippen LogP contribution in [0.4, 0.5) is 26.7 Å². The molecule has 8 bridgehead atoms. The first-order valence-electron chi connectivity index (χ1n) is 34.1. The number of urea groups is 2. The topological polar surface area (TPSA) is 193 Å². The van der Waals surface area contributed by atoms with Crippen molar-refractivity contribution in [1.82, 2.24) is 45.9 Å². The standard InChI is InChI=1S/C78H70N12O3S5/c1-93-23-22-79-74(91)80-53-12-16-57-60(34-53)87-72(70(84-57)64-10-4-24-95-64)66-20-19-63(98-66)50-7-3-9-52(33-50)69-68(83-56-15-13-54(35-59(56)86-69)81-75(92)89-77-37-43-26-44(38-77)28-45(27-43)39-77)51-8-2-6-49(32-51)62-18-21-67(97-62)73-71(65-11-5-25-96-65)85-58-17-14-55(36-61(58)88-73)82-76(94)90-78-40-46-29-47(41-78)31-48(30-46)42-78/h2-21,24-25,32-36,43-48H,22-23,26-31,37-42H2,1H3,(H2,79,80,91)(H2,81,89,92)(H2,82,90,94). The summed E-state index contributed by atoms with van der Waals surface area (Å²) in [6.07, 6.45) is 14.9. The van der Waals surface area contributed by atoms with Crippen LogP contribution in [0.5, 0.6) is 0 Å². The minimum absolute atomic E-state index is 0.104. The number of ether oxygens (including phenoxy) is 1.